The maximum absolute atomic E-state index is 13.2. The summed E-state index contributed by atoms with van der Waals surface area (Å²) in [6.45, 7) is 3.50. The van der Waals surface area contributed by atoms with Gasteiger partial charge in [-0.25, -0.2) is 4.39 Å². The number of aryl methyl sites for hydroxylation is 2. The lowest BCUT2D eigenvalue weighted by molar-refractivity contribution is 0.626. The van der Waals surface area contributed by atoms with Crippen LogP contribution < -0.4 is 11.1 Å². The van der Waals surface area contributed by atoms with Crippen LogP contribution in [-0.2, 0) is 0 Å². The number of benzene rings is 1. The molecule has 0 atom stereocenters. The molecule has 0 amide bonds. The molecule has 0 radical (unpaired) electrons. The Labute approximate surface area is 124 Å². The number of H-pyrrole nitrogens is 4. The third-order valence-electron chi connectivity index (χ3n) is 3.81. The van der Waals surface area contributed by atoms with Gasteiger partial charge in [0.05, 0.1) is 11.1 Å². The molecule has 114 valence electrons. The summed E-state index contributed by atoms with van der Waals surface area (Å²) < 4.78 is 13.2. The van der Waals surface area contributed by atoms with Crippen LogP contribution in [0.4, 0.5) is 4.39 Å². The minimum atomic E-state index is -0.578. The van der Waals surface area contributed by atoms with Crippen molar-refractivity contribution in [3.63, 3.8) is 0 Å². The standard InChI is InChI=1S/C15H15FN4O2/c1-7-11(14(21)19-17-7)13(9-3-5-10(16)6-4-9)12-8(2)18-20-15(12)22/h3-6,13H,1-2H3,(H2,17,19,21)(H2,18,20,22). The topological polar surface area (TPSA) is 97.3 Å². The van der Waals surface area contributed by atoms with E-state index in [0.717, 1.165) is 0 Å². The fourth-order valence-electron chi connectivity index (χ4n) is 2.74. The molecule has 0 aliphatic heterocycles. The quantitative estimate of drug-likeness (QED) is 0.592. The number of rotatable bonds is 3. The lowest BCUT2D eigenvalue weighted by Gasteiger charge is -2.15. The molecule has 4 N–H and O–H groups in total. The van der Waals surface area contributed by atoms with E-state index >= 15 is 0 Å². The number of hydrogen-bond acceptors (Lipinski definition) is 2. The van der Waals surface area contributed by atoms with Crippen LogP contribution in [0.3, 0.4) is 0 Å². The van der Waals surface area contributed by atoms with Gasteiger partial charge in [0.15, 0.2) is 0 Å². The largest absolute Gasteiger partial charge is 0.302 e. The molecule has 2 aromatic heterocycles. The van der Waals surface area contributed by atoms with Gasteiger partial charge in [0.2, 0.25) is 0 Å². The number of aromatic nitrogens is 4. The lowest BCUT2D eigenvalue weighted by atomic mass is 9.85. The third-order valence-corrected chi connectivity index (χ3v) is 3.81. The molecule has 0 fully saturated rings. The van der Waals surface area contributed by atoms with Crippen LogP contribution in [0, 0.1) is 19.7 Å². The highest BCUT2D eigenvalue weighted by Gasteiger charge is 2.27. The minimum absolute atomic E-state index is 0.299. The minimum Gasteiger partial charge on any atom is -0.302 e. The first-order chi connectivity index (χ1) is 10.5. The van der Waals surface area contributed by atoms with Gasteiger partial charge in [-0.3, -0.25) is 19.8 Å². The van der Waals surface area contributed by atoms with Gasteiger partial charge in [-0.2, -0.15) is 0 Å². The molecule has 0 aliphatic rings. The van der Waals surface area contributed by atoms with Gasteiger partial charge < -0.3 is 10.2 Å². The average molecular weight is 302 g/mol. The molecule has 7 heteroatoms. The van der Waals surface area contributed by atoms with Crippen molar-refractivity contribution in [1.29, 1.82) is 0 Å². The fourth-order valence-corrected chi connectivity index (χ4v) is 2.74. The Morgan fingerprint density at radius 1 is 0.818 bits per heavy atom. The van der Waals surface area contributed by atoms with Gasteiger partial charge in [0, 0.05) is 17.3 Å². The zero-order valence-corrected chi connectivity index (χ0v) is 12.1. The SMILES string of the molecule is Cc1[nH][nH]c(=O)c1C(c1ccc(F)cc1)c1c(C)[nH][nH]c1=O. The molecule has 2 heterocycles. The van der Waals surface area contributed by atoms with E-state index < -0.39 is 5.92 Å². The average Bonchev–Trinajstić information content (AvgIpc) is 2.99. The third kappa shape index (κ3) is 2.20. The molecule has 0 spiro atoms. The molecule has 0 aliphatic carbocycles. The van der Waals surface area contributed by atoms with E-state index in [1.165, 1.54) is 12.1 Å². The van der Waals surface area contributed by atoms with Gasteiger partial charge in [-0.05, 0) is 31.5 Å². The van der Waals surface area contributed by atoms with Crippen LogP contribution in [0.2, 0.25) is 0 Å². The van der Waals surface area contributed by atoms with Crippen LogP contribution in [0.1, 0.15) is 34.0 Å². The maximum Gasteiger partial charge on any atom is 0.268 e. The second kappa shape index (κ2) is 5.18. The Morgan fingerprint density at radius 3 is 1.64 bits per heavy atom. The van der Waals surface area contributed by atoms with Crippen LogP contribution in [0.25, 0.3) is 0 Å². The van der Waals surface area contributed by atoms with Gasteiger partial charge in [0.25, 0.3) is 11.1 Å². The number of hydrogen-bond donors (Lipinski definition) is 4. The summed E-state index contributed by atoms with van der Waals surface area (Å²) in [7, 11) is 0. The highest BCUT2D eigenvalue weighted by molar-refractivity contribution is 5.44. The van der Waals surface area contributed by atoms with Gasteiger partial charge in [0.1, 0.15) is 5.82 Å². The molecule has 22 heavy (non-hydrogen) atoms. The Hall–Kier alpha value is -2.83. The summed E-state index contributed by atoms with van der Waals surface area (Å²) in [5.74, 6) is -0.951. The van der Waals surface area contributed by atoms with Crippen molar-refractivity contribution in [2.75, 3.05) is 0 Å². The second-order valence-electron chi connectivity index (χ2n) is 5.22. The maximum atomic E-state index is 13.2. The van der Waals surface area contributed by atoms with Crippen molar-refractivity contribution < 1.29 is 4.39 Å². The summed E-state index contributed by atoms with van der Waals surface area (Å²) in [6.07, 6.45) is 0. The Morgan fingerprint density at radius 2 is 1.27 bits per heavy atom. The predicted molar refractivity (Wildman–Crippen MR) is 79.6 cm³/mol. The van der Waals surface area contributed by atoms with Gasteiger partial charge >= 0.3 is 0 Å². The van der Waals surface area contributed by atoms with Crippen LogP contribution in [0.15, 0.2) is 33.9 Å². The highest BCUT2D eigenvalue weighted by atomic mass is 19.1. The van der Waals surface area contributed by atoms with E-state index in [4.69, 9.17) is 0 Å². The van der Waals surface area contributed by atoms with E-state index in [-0.39, 0.29) is 16.9 Å². The summed E-state index contributed by atoms with van der Waals surface area (Å²) in [5.41, 5.74) is 2.24. The first kappa shape index (κ1) is 14.1. The normalized spacial score (nSPS) is 11.3. The van der Waals surface area contributed by atoms with Gasteiger partial charge in [-0.1, -0.05) is 12.1 Å². The molecule has 0 saturated carbocycles. The van der Waals surface area contributed by atoms with Crippen LogP contribution in [-0.4, -0.2) is 20.4 Å². The monoisotopic (exact) mass is 302 g/mol. The lowest BCUT2D eigenvalue weighted by Crippen LogP contribution is -2.20. The number of halogens is 1. The van der Waals surface area contributed by atoms with Crippen molar-refractivity contribution in [2.24, 2.45) is 0 Å². The van der Waals surface area contributed by atoms with Crippen molar-refractivity contribution >= 4 is 0 Å². The van der Waals surface area contributed by atoms with Crippen molar-refractivity contribution in [1.82, 2.24) is 20.4 Å². The smallest absolute Gasteiger partial charge is 0.268 e. The Kier molecular flexibility index (Phi) is 3.32. The zero-order valence-electron chi connectivity index (χ0n) is 12.1. The number of nitrogens with one attached hydrogen (secondary N) is 4. The zero-order chi connectivity index (χ0) is 15.9. The van der Waals surface area contributed by atoms with E-state index in [0.29, 0.717) is 28.1 Å². The first-order valence-electron chi connectivity index (χ1n) is 6.78. The van der Waals surface area contributed by atoms with Crippen molar-refractivity contribution in [2.45, 2.75) is 19.8 Å². The molecule has 1 aromatic carbocycles. The fraction of sp³-hybridized carbons (Fsp3) is 0.200. The molecular formula is C15H15FN4O2. The molecular weight excluding hydrogens is 287 g/mol. The highest BCUT2D eigenvalue weighted by Crippen LogP contribution is 2.30. The first-order valence-corrected chi connectivity index (χ1v) is 6.78. The van der Waals surface area contributed by atoms with Crippen molar-refractivity contribution in [3.8, 4) is 0 Å². The van der Waals surface area contributed by atoms with E-state index in [1.54, 1.807) is 26.0 Å². The summed E-state index contributed by atoms with van der Waals surface area (Å²) in [5, 5.41) is 10.6. The molecule has 0 saturated heterocycles. The van der Waals surface area contributed by atoms with Gasteiger partial charge in [-0.15, -0.1) is 0 Å². The summed E-state index contributed by atoms with van der Waals surface area (Å²) >= 11 is 0. The molecule has 3 rings (SSSR count). The number of aromatic amines is 4. The van der Waals surface area contributed by atoms with Crippen molar-refractivity contribution in [3.05, 3.63) is 78.9 Å². The summed E-state index contributed by atoms with van der Waals surface area (Å²) in [6, 6.07) is 5.79. The predicted octanol–water partition coefficient (Wildman–Crippen LogP) is 1.66. The van der Waals surface area contributed by atoms with Crippen LogP contribution in [0.5, 0.6) is 0 Å². The van der Waals surface area contributed by atoms with E-state index in [2.05, 4.69) is 20.4 Å². The summed E-state index contributed by atoms with van der Waals surface area (Å²) in [4.78, 5) is 24.3. The molecule has 0 bridgehead atoms. The van der Waals surface area contributed by atoms with E-state index in [1.807, 2.05) is 0 Å². The Balaban J connectivity index is 2.30. The molecule has 3 aromatic rings. The van der Waals surface area contributed by atoms with E-state index in [9.17, 15) is 14.0 Å². The molecule has 6 nitrogen and oxygen atoms in total. The second-order valence-corrected chi connectivity index (χ2v) is 5.22. The van der Waals surface area contributed by atoms with Crippen LogP contribution >= 0.6 is 0 Å². The molecule has 0 unspecified atom stereocenters. The Bertz CT molecular complexity index is 860.